The van der Waals surface area contributed by atoms with Gasteiger partial charge < -0.3 is 14.8 Å². The van der Waals surface area contributed by atoms with Gasteiger partial charge in [-0.1, -0.05) is 18.5 Å². The zero-order valence-electron chi connectivity index (χ0n) is 11.1. The van der Waals surface area contributed by atoms with Gasteiger partial charge in [-0.25, -0.2) is 4.98 Å². The zero-order valence-corrected chi connectivity index (χ0v) is 11.1. The van der Waals surface area contributed by atoms with Crippen LogP contribution in [0.1, 0.15) is 38.5 Å². The number of nitrogens with zero attached hydrogens (tertiary/aromatic N) is 3. The van der Waals surface area contributed by atoms with E-state index in [1.807, 2.05) is 0 Å². The molecule has 19 heavy (non-hydrogen) atoms. The second kappa shape index (κ2) is 5.13. The smallest absolute Gasteiger partial charge is 0.238 e. The first-order valence-corrected chi connectivity index (χ1v) is 6.89. The van der Waals surface area contributed by atoms with Crippen molar-refractivity contribution in [3.63, 3.8) is 0 Å². The third-order valence-corrected chi connectivity index (χ3v) is 3.79. The molecular formula is C13H19N5O. The first-order valence-electron chi connectivity index (χ1n) is 6.89. The summed E-state index contributed by atoms with van der Waals surface area (Å²) < 4.78 is 5.52. The van der Waals surface area contributed by atoms with Crippen LogP contribution in [-0.4, -0.2) is 33.2 Å². The van der Waals surface area contributed by atoms with Gasteiger partial charge in [0.15, 0.2) is 5.82 Å². The Morgan fingerprint density at radius 1 is 1.47 bits per heavy atom. The Hall–Kier alpha value is -1.69. The number of hydrogen-bond acceptors (Lipinski definition) is 5. The monoisotopic (exact) mass is 261 g/mol. The van der Waals surface area contributed by atoms with Crippen molar-refractivity contribution in [1.82, 2.24) is 25.4 Å². The summed E-state index contributed by atoms with van der Waals surface area (Å²) in [6.45, 7) is 4.19. The van der Waals surface area contributed by atoms with Gasteiger partial charge in [0.25, 0.3) is 0 Å². The van der Waals surface area contributed by atoms with E-state index in [1.165, 1.54) is 0 Å². The Balaban J connectivity index is 1.90. The van der Waals surface area contributed by atoms with Crippen molar-refractivity contribution in [3.05, 3.63) is 18.3 Å². The summed E-state index contributed by atoms with van der Waals surface area (Å²) >= 11 is 0. The molecule has 0 amide bonds. The lowest BCUT2D eigenvalue weighted by molar-refractivity contribution is 0.213. The van der Waals surface area contributed by atoms with Crippen LogP contribution in [0.15, 0.2) is 16.9 Å². The van der Waals surface area contributed by atoms with Crippen LogP contribution in [-0.2, 0) is 5.41 Å². The fourth-order valence-corrected chi connectivity index (χ4v) is 2.87. The molecule has 1 unspecified atom stereocenters. The van der Waals surface area contributed by atoms with Gasteiger partial charge in [-0.2, -0.15) is 4.98 Å². The van der Waals surface area contributed by atoms with E-state index in [1.54, 1.807) is 12.4 Å². The van der Waals surface area contributed by atoms with Crippen LogP contribution in [0.4, 0.5) is 0 Å². The van der Waals surface area contributed by atoms with Crippen LogP contribution in [0, 0.1) is 0 Å². The Kier molecular flexibility index (Phi) is 3.33. The molecule has 1 aliphatic heterocycles. The minimum Gasteiger partial charge on any atom is -0.342 e. The molecule has 1 saturated heterocycles. The lowest BCUT2D eigenvalue weighted by Gasteiger charge is -2.34. The third-order valence-electron chi connectivity index (χ3n) is 3.79. The molecular weight excluding hydrogens is 242 g/mol. The van der Waals surface area contributed by atoms with Crippen LogP contribution in [0.2, 0.25) is 0 Å². The molecule has 0 saturated carbocycles. The SMILES string of the molecule is CCCC1(c2nc(-c3ncc[nH]3)no2)CCCNC1. The Morgan fingerprint density at radius 3 is 3.11 bits per heavy atom. The molecule has 2 N–H and O–H groups in total. The highest BCUT2D eigenvalue weighted by Crippen LogP contribution is 2.35. The zero-order chi connectivity index (χ0) is 13.1. The number of aromatic amines is 1. The number of aromatic nitrogens is 4. The van der Waals surface area contributed by atoms with Gasteiger partial charge in [-0.3, -0.25) is 0 Å². The molecule has 3 rings (SSSR count). The molecule has 3 heterocycles. The molecule has 2 aromatic heterocycles. The normalized spacial score (nSPS) is 23.6. The van der Waals surface area contributed by atoms with Crippen molar-refractivity contribution < 1.29 is 4.52 Å². The van der Waals surface area contributed by atoms with Gasteiger partial charge >= 0.3 is 0 Å². The van der Waals surface area contributed by atoms with Crippen molar-refractivity contribution in [2.24, 2.45) is 0 Å². The summed E-state index contributed by atoms with van der Waals surface area (Å²) in [6.07, 6.45) is 7.89. The summed E-state index contributed by atoms with van der Waals surface area (Å²) in [5, 5.41) is 7.51. The van der Waals surface area contributed by atoms with Crippen LogP contribution in [0.3, 0.4) is 0 Å². The van der Waals surface area contributed by atoms with E-state index in [2.05, 4.69) is 32.3 Å². The van der Waals surface area contributed by atoms with Crippen molar-refractivity contribution in [1.29, 1.82) is 0 Å². The number of piperidine rings is 1. The predicted octanol–water partition coefficient (Wildman–Crippen LogP) is 1.88. The largest absolute Gasteiger partial charge is 0.342 e. The maximum absolute atomic E-state index is 5.52. The second-order valence-electron chi connectivity index (χ2n) is 5.17. The molecule has 0 aromatic carbocycles. The van der Waals surface area contributed by atoms with E-state index in [0.29, 0.717) is 11.6 Å². The molecule has 102 valence electrons. The number of imidazole rings is 1. The summed E-state index contributed by atoms with van der Waals surface area (Å²) in [7, 11) is 0. The van der Waals surface area contributed by atoms with E-state index in [0.717, 1.165) is 44.7 Å². The molecule has 6 nitrogen and oxygen atoms in total. The van der Waals surface area contributed by atoms with Gasteiger partial charge in [0.2, 0.25) is 11.7 Å². The quantitative estimate of drug-likeness (QED) is 0.878. The lowest BCUT2D eigenvalue weighted by atomic mass is 9.77. The third kappa shape index (κ3) is 2.28. The maximum Gasteiger partial charge on any atom is 0.238 e. The number of H-pyrrole nitrogens is 1. The van der Waals surface area contributed by atoms with Gasteiger partial charge in [0.1, 0.15) is 0 Å². The Labute approximate surface area is 112 Å². The Morgan fingerprint density at radius 2 is 2.42 bits per heavy atom. The van der Waals surface area contributed by atoms with Crippen molar-refractivity contribution in [2.75, 3.05) is 13.1 Å². The van der Waals surface area contributed by atoms with E-state index in [4.69, 9.17) is 4.52 Å². The van der Waals surface area contributed by atoms with E-state index in [-0.39, 0.29) is 5.41 Å². The maximum atomic E-state index is 5.52. The fourth-order valence-electron chi connectivity index (χ4n) is 2.87. The van der Waals surface area contributed by atoms with Crippen LogP contribution < -0.4 is 5.32 Å². The van der Waals surface area contributed by atoms with Crippen LogP contribution >= 0.6 is 0 Å². The van der Waals surface area contributed by atoms with Gasteiger partial charge in [-0.15, -0.1) is 0 Å². The second-order valence-corrected chi connectivity index (χ2v) is 5.17. The molecule has 1 fully saturated rings. The number of rotatable bonds is 4. The highest BCUT2D eigenvalue weighted by molar-refractivity contribution is 5.41. The topological polar surface area (TPSA) is 79.6 Å². The summed E-state index contributed by atoms with van der Waals surface area (Å²) in [5.74, 6) is 1.94. The highest BCUT2D eigenvalue weighted by atomic mass is 16.5. The van der Waals surface area contributed by atoms with Crippen LogP contribution in [0.5, 0.6) is 0 Å². The number of hydrogen-bond donors (Lipinski definition) is 2. The highest BCUT2D eigenvalue weighted by Gasteiger charge is 2.38. The molecule has 0 bridgehead atoms. The van der Waals surface area contributed by atoms with Crippen molar-refractivity contribution >= 4 is 0 Å². The Bertz CT molecular complexity index is 507. The molecule has 1 atom stereocenters. The number of nitrogens with one attached hydrogen (secondary N) is 2. The lowest BCUT2D eigenvalue weighted by Crippen LogP contribution is -2.43. The molecule has 0 spiro atoms. The first-order chi connectivity index (χ1) is 9.34. The van der Waals surface area contributed by atoms with Crippen molar-refractivity contribution in [2.45, 2.75) is 38.0 Å². The standard InChI is InChI=1S/C13H19N5O/c1-2-4-13(5-3-6-14-9-13)12-17-11(18-19-12)10-15-7-8-16-10/h7-8,14H,2-6,9H2,1H3,(H,15,16). The average molecular weight is 261 g/mol. The minimum absolute atomic E-state index is 0.00908. The summed E-state index contributed by atoms with van der Waals surface area (Å²) in [4.78, 5) is 11.7. The van der Waals surface area contributed by atoms with E-state index in [9.17, 15) is 0 Å². The first kappa shape index (κ1) is 12.3. The minimum atomic E-state index is -0.00908. The van der Waals surface area contributed by atoms with Gasteiger partial charge in [-0.05, 0) is 25.8 Å². The molecule has 0 aliphatic carbocycles. The fraction of sp³-hybridized carbons (Fsp3) is 0.615. The van der Waals surface area contributed by atoms with Gasteiger partial charge in [0, 0.05) is 18.9 Å². The van der Waals surface area contributed by atoms with E-state index >= 15 is 0 Å². The predicted molar refractivity (Wildman–Crippen MR) is 70.6 cm³/mol. The van der Waals surface area contributed by atoms with Gasteiger partial charge in [0.05, 0.1) is 5.41 Å². The molecule has 0 radical (unpaired) electrons. The summed E-state index contributed by atoms with van der Waals surface area (Å²) in [6, 6.07) is 0. The molecule has 2 aromatic rings. The average Bonchev–Trinajstić information content (AvgIpc) is 3.11. The van der Waals surface area contributed by atoms with Crippen molar-refractivity contribution in [3.8, 4) is 11.6 Å². The van der Waals surface area contributed by atoms with Crippen LogP contribution in [0.25, 0.3) is 11.6 Å². The molecule has 1 aliphatic rings. The summed E-state index contributed by atoms with van der Waals surface area (Å²) in [5.41, 5.74) is -0.00908. The molecule has 6 heteroatoms. The van der Waals surface area contributed by atoms with E-state index < -0.39 is 0 Å².